The van der Waals surface area contributed by atoms with Crippen LogP contribution in [0.15, 0.2) is 41.9 Å². The van der Waals surface area contributed by atoms with Gasteiger partial charge in [0.15, 0.2) is 5.82 Å². The number of nitrogens with zero attached hydrogens (tertiary/aromatic N) is 3. The van der Waals surface area contributed by atoms with E-state index in [1.54, 1.807) is 11.3 Å². The molecule has 5 rings (SSSR count). The number of nitrogens with one attached hydrogen (secondary N) is 1. The molecule has 3 aromatic heterocycles. The van der Waals surface area contributed by atoms with Crippen LogP contribution in [0, 0.1) is 5.92 Å². The minimum Gasteiger partial charge on any atom is -0.323 e. The maximum absolute atomic E-state index is 6.19. The number of hydrogen-bond acceptors (Lipinski definition) is 4. The van der Waals surface area contributed by atoms with Crippen molar-refractivity contribution in [2.45, 2.75) is 25.8 Å². The first-order chi connectivity index (χ1) is 13.3. The number of benzene rings is 1. The Kier molecular flexibility index (Phi) is 4.60. The first-order valence-electron chi connectivity index (χ1n) is 9.49. The minimum atomic E-state index is 0.716. The quantitative estimate of drug-likeness (QED) is 0.505. The van der Waals surface area contributed by atoms with Gasteiger partial charge in [-0.1, -0.05) is 17.7 Å². The van der Waals surface area contributed by atoms with Crippen molar-refractivity contribution in [2.24, 2.45) is 5.92 Å². The zero-order valence-corrected chi connectivity index (χ0v) is 16.6. The predicted molar refractivity (Wildman–Crippen MR) is 114 cm³/mol. The van der Waals surface area contributed by atoms with Crippen molar-refractivity contribution in [1.82, 2.24) is 19.9 Å². The molecule has 0 unspecified atom stereocenters. The van der Waals surface area contributed by atoms with Gasteiger partial charge in [0, 0.05) is 17.0 Å². The van der Waals surface area contributed by atoms with E-state index in [0.29, 0.717) is 5.02 Å². The number of rotatable bonds is 4. The fourth-order valence-corrected chi connectivity index (χ4v) is 4.97. The molecule has 0 spiro atoms. The molecule has 0 amide bonds. The molecule has 1 aliphatic rings. The third kappa shape index (κ3) is 3.24. The predicted octanol–water partition coefficient (Wildman–Crippen LogP) is 5.36. The molecule has 0 saturated carbocycles. The van der Waals surface area contributed by atoms with E-state index in [-0.39, 0.29) is 0 Å². The Morgan fingerprint density at radius 3 is 2.89 bits per heavy atom. The average molecular weight is 397 g/mol. The van der Waals surface area contributed by atoms with Crippen LogP contribution in [0.5, 0.6) is 0 Å². The number of thiophene rings is 1. The molecule has 138 valence electrons. The van der Waals surface area contributed by atoms with E-state index < -0.39 is 0 Å². The lowest BCUT2D eigenvalue weighted by Crippen LogP contribution is -2.28. The van der Waals surface area contributed by atoms with Crippen LogP contribution < -0.4 is 5.32 Å². The second kappa shape index (κ2) is 7.23. The van der Waals surface area contributed by atoms with Gasteiger partial charge in [0.05, 0.1) is 22.1 Å². The van der Waals surface area contributed by atoms with Gasteiger partial charge in [0.2, 0.25) is 0 Å². The van der Waals surface area contributed by atoms with Gasteiger partial charge < -0.3 is 9.88 Å². The molecule has 1 saturated heterocycles. The number of halogens is 1. The van der Waals surface area contributed by atoms with Crippen molar-refractivity contribution < 1.29 is 0 Å². The molecule has 1 fully saturated rings. The second-order valence-electron chi connectivity index (χ2n) is 7.20. The molecule has 1 aromatic carbocycles. The summed E-state index contributed by atoms with van der Waals surface area (Å²) < 4.78 is 2.40. The third-order valence-corrected chi connectivity index (χ3v) is 6.60. The van der Waals surface area contributed by atoms with E-state index in [9.17, 15) is 0 Å². The van der Waals surface area contributed by atoms with E-state index >= 15 is 0 Å². The van der Waals surface area contributed by atoms with E-state index in [1.807, 2.05) is 18.3 Å². The molecule has 27 heavy (non-hydrogen) atoms. The minimum absolute atomic E-state index is 0.716. The fourth-order valence-electron chi connectivity index (χ4n) is 4.08. The van der Waals surface area contributed by atoms with Crippen molar-refractivity contribution in [3.63, 3.8) is 0 Å². The van der Waals surface area contributed by atoms with Gasteiger partial charge in [-0.15, -0.1) is 11.3 Å². The molecule has 0 radical (unpaired) electrons. The highest BCUT2D eigenvalue weighted by molar-refractivity contribution is 7.13. The van der Waals surface area contributed by atoms with Gasteiger partial charge in [0.1, 0.15) is 5.52 Å². The summed E-state index contributed by atoms with van der Waals surface area (Å²) in [6, 6.07) is 10.2. The van der Waals surface area contributed by atoms with E-state index in [2.05, 4.69) is 38.4 Å². The molecule has 0 atom stereocenters. The Bertz CT molecular complexity index is 1080. The highest BCUT2D eigenvalue weighted by Gasteiger charge is 2.19. The largest absolute Gasteiger partial charge is 0.323 e. The van der Waals surface area contributed by atoms with Gasteiger partial charge in [-0.3, -0.25) is 4.98 Å². The number of imidazole rings is 1. The molecule has 0 bridgehead atoms. The van der Waals surface area contributed by atoms with Crippen molar-refractivity contribution in [3.8, 4) is 10.7 Å². The SMILES string of the molecule is Clc1ccc2c(c1)ncc1nc(-c3cccs3)n(CCC3CCNCC3)c12. The van der Waals surface area contributed by atoms with Crippen LogP contribution in [0.4, 0.5) is 0 Å². The highest BCUT2D eigenvalue weighted by Crippen LogP contribution is 2.33. The summed E-state index contributed by atoms with van der Waals surface area (Å²) in [6.45, 7) is 3.26. The zero-order chi connectivity index (χ0) is 18.2. The van der Waals surface area contributed by atoms with Gasteiger partial charge in [-0.05, 0) is 67.9 Å². The molecule has 6 heteroatoms. The molecule has 1 aliphatic heterocycles. The summed E-state index contributed by atoms with van der Waals surface area (Å²) in [6.07, 6.45) is 5.59. The lowest BCUT2D eigenvalue weighted by atomic mass is 9.94. The van der Waals surface area contributed by atoms with Crippen molar-refractivity contribution >= 4 is 44.9 Å². The van der Waals surface area contributed by atoms with Crippen LogP contribution in [0.1, 0.15) is 19.3 Å². The van der Waals surface area contributed by atoms with Crippen molar-refractivity contribution in [1.29, 1.82) is 0 Å². The molecular formula is C21H21ClN4S. The number of pyridine rings is 1. The summed E-state index contributed by atoms with van der Waals surface area (Å²) in [5.74, 6) is 1.83. The van der Waals surface area contributed by atoms with E-state index in [1.165, 1.54) is 29.7 Å². The molecular weight excluding hydrogens is 376 g/mol. The average Bonchev–Trinajstić information content (AvgIpc) is 3.34. The van der Waals surface area contributed by atoms with Crippen LogP contribution in [-0.4, -0.2) is 27.6 Å². The van der Waals surface area contributed by atoms with Crippen molar-refractivity contribution in [2.75, 3.05) is 13.1 Å². The zero-order valence-electron chi connectivity index (χ0n) is 15.0. The first kappa shape index (κ1) is 17.2. The molecule has 4 heterocycles. The molecule has 4 nitrogen and oxygen atoms in total. The Balaban J connectivity index is 1.65. The Labute approximate surface area is 167 Å². The highest BCUT2D eigenvalue weighted by atomic mass is 35.5. The Hall–Kier alpha value is -1.95. The first-order valence-corrected chi connectivity index (χ1v) is 10.7. The third-order valence-electron chi connectivity index (χ3n) is 5.50. The maximum atomic E-state index is 6.19. The topological polar surface area (TPSA) is 42.7 Å². The summed E-state index contributed by atoms with van der Waals surface area (Å²) in [7, 11) is 0. The summed E-state index contributed by atoms with van der Waals surface area (Å²) in [5, 5.41) is 7.41. The number of aryl methyl sites for hydroxylation is 1. The van der Waals surface area contributed by atoms with Crippen LogP contribution in [0.3, 0.4) is 0 Å². The summed E-state index contributed by atoms with van der Waals surface area (Å²) >= 11 is 7.93. The molecule has 4 aromatic rings. The van der Waals surface area contributed by atoms with Crippen LogP contribution in [0.25, 0.3) is 32.6 Å². The van der Waals surface area contributed by atoms with Crippen LogP contribution in [-0.2, 0) is 6.54 Å². The van der Waals surface area contributed by atoms with E-state index in [0.717, 1.165) is 47.8 Å². The number of piperidine rings is 1. The molecule has 0 aliphatic carbocycles. The second-order valence-corrected chi connectivity index (χ2v) is 8.58. The lowest BCUT2D eigenvalue weighted by molar-refractivity contribution is 0.340. The number of fused-ring (bicyclic) bond motifs is 3. The number of hydrogen-bond donors (Lipinski definition) is 1. The smallest absolute Gasteiger partial charge is 0.151 e. The van der Waals surface area contributed by atoms with Crippen LogP contribution >= 0.6 is 22.9 Å². The Morgan fingerprint density at radius 1 is 1.19 bits per heavy atom. The standard InChI is InChI=1S/C21H21ClN4S/c22-15-3-4-16-17(12-15)24-13-18-20(16)26(10-7-14-5-8-23-9-6-14)21(25-18)19-2-1-11-27-19/h1-4,11-14,23H,5-10H2. The molecule has 1 N–H and O–H groups in total. The van der Waals surface area contributed by atoms with Gasteiger partial charge in [0.25, 0.3) is 0 Å². The van der Waals surface area contributed by atoms with Crippen molar-refractivity contribution in [3.05, 3.63) is 46.9 Å². The normalized spacial score (nSPS) is 15.7. The van der Waals surface area contributed by atoms with Gasteiger partial charge in [-0.25, -0.2) is 4.98 Å². The van der Waals surface area contributed by atoms with Gasteiger partial charge in [-0.2, -0.15) is 0 Å². The lowest BCUT2D eigenvalue weighted by Gasteiger charge is -2.23. The maximum Gasteiger partial charge on any atom is 0.151 e. The summed E-state index contributed by atoms with van der Waals surface area (Å²) in [5.41, 5.74) is 3.06. The monoisotopic (exact) mass is 396 g/mol. The van der Waals surface area contributed by atoms with E-state index in [4.69, 9.17) is 16.6 Å². The number of aromatic nitrogens is 3. The van der Waals surface area contributed by atoms with Gasteiger partial charge >= 0.3 is 0 Å². The Morgan fingerprint density at radius 2 is 2.07 bits per heavy atom. The fraction of sp³-hybridized carbons (Fsp3) is 0.333. The summed E-state index contributed by atoms with van der Waals surface area (Å²) in [4.78, 5) is 10.8. The van der Waals surface area contributed by atoms with Crippen LogP contribution in [0.2, 0.25) is 5.02 Å².